The van der Waals surface area contributed by atoms with Crippen LogP contribution in [-0.2, 0) is 27.5 Å². The number of hydrogen-bond donors (Lipinski definition) is 0. The number of nitrogens with zero attached hydrogens (tertiary/aromatic N) is 3. The number of alkyl halides is 3. The third-order valence-corrected chi connectivity index (χ3v) is 5.82. The standard InChI is InChI=1S/C11H13Cl2F2N3O3S/c1-11(5-12)3-7(17-21-11)22(19,20)4-6-8(10(14)15)16-18(2)9(6)13/h10H,3-5H2,1-2H3. The molecule has 0 fully saturated rings. The van der Waals surface area contributed by atoms with Crippen LogP contribution in [0.3, 0.4) is 0 Å². The molecule has 6 nitrogen and oxygen atoms in total. The van der Waals surface area contributed by atoms with E-state index in [4.69, 9.17) is 28.0 Å². The Morgan fingerprint density at radius 3 is 2.64 bits per heavy atom. The van der Waals surface area contributed by atoms with Crippen molar-refractivity contribution in [2.75, 3.05) is 5.88 Å². The molecule has 0 N–H and O–H groups in total. The zero-order chi connectivity index (χ0) is 16.7. The molecule has 0 spiro atoms. The molecule has 1 aromatic rings. The van der Waals surface area contributed by atoms with Gasteiger partial charge in [0.2, 0.25) is 0 Å². The van der Waals surface area contributed by atoms with E-state index in [0.717, 1.165) is 4.68 Å². The van der Waals surface area contributed by atoms with Gasteiger partial charge in [0.05, 0.1) is 11.6 Å². The van der Waals surface area contributed by atoms with Crippen LogP contribution in [-0.4, -0.2) is 34.7 Å². The molecule has 1 aromatic heterocycles. The first-order valence-electron chi connectivity index (χ1n) is 6.13. The summed E-state index contributed by atoms with van der Waals surface area (Å²) < 4.78 is 51.6. The van der Waals surface area contributed by atoms with Gasteiger partial charge >= 0.3 is 0 Å². The number of aromatic nitrogens is 2. The van der Waals surface area contributed by atoms with E-state index in [0.29, 0.717) is 0 Å². The zero-order valence-corrected chi connectivity index (χ0v) is 14.0. The molecule has 22 heavy (non-hydrogen) atoms. The number of oxime groups is 1. The lowest BCUT2D eigenvalue weighted by Crippen LogP contribution is -2.28. The fraction of sp³-hybridized carbons (Fsp3) is 0.636. The quantitative estimate of drug-likeness (QED) is 0.758. The van der Waals surface area contributed by atoms with Gasteiger partial charge in [-0.05, 0) is 6.92 Å². The van der Waals surface area contributed by atoms with Gasteiger partial charge in [-0.1, -0.05) is 16.8 Å². The molecule has 2 heterocycles. The summed E-state index contributed by atoms with van der Waals surface area (Å²) in [5.74, 6) is -0.675. The maximum Gasteiger partial charge on any atom is 0.282 e. The highest BCUT2D eigenvalue weighted by molar-refractivity contribution is 8.05. The molecular weight excluding hydrogens is 363 g/mol. The lowest BCUT2D eigenvalue weighted by Gasteiger charge is -2.16. The second kappa shape index (κ2) is 5.93. The first kappa shape index (κ1) is 17.4. The van der Waals surface area contributed by atoms with Gasteiger partial charge in [-0.15, -0.1) is 11.6 Å². The Morgan fingerprint density at radius 2 is 2.14 bits per heavy atom. The van der Waals surface area contributed by atoms with E-state index in [9.17, 15) is 17.2 Å². The topological polar surface area (TPSA) is 73.5 Å². The Hall–Kier alpha value is -0.930. The van der Waals surface area contributed by atoms with Crippen LogP contribution in [0.1, 0.15) is 31.0 Å². The smallest absolute Gasteiger partial charge is 0.282 e. The summed E-state index contributed by atoms with van der Waals surface area (Å²) in [6.07, 6.45) is -2.96. The molecule has 0 amide bonds. The third-order valence-electron chi connectivity index (χ3n) is 3.18. The average molecular weight is 376 g/mol. The van der Waals surface area contributed by atoms with Gasteiger partial charge in [-0.3, -0.25) is 4.68 Å². The van der Waals surface area contributed by atoms with Gasteiger partial charge in [-0.25, -0.2) is 17.2 Å². The fourth-order valence-electron chi connectivity index (χ4n) is 1.93. The van der Waals surface area contributed by atoms with Crippen molar-refractivity contribution < 1.29 is 22.0 Å². The predicted octanol–water partition coefficient (Wildman–Crippen LogP) is 2.66. The summed E-state index contributed by atoms with van der Waals surface area (Å²) in [5.41, 5.74) is -1.81. The van der Waals surface area contributed by atoms with Gasteiger partial charge in [0.1, 0.15) is 10.8 Å². The molecular formula is C11H13Cl2F2N3O3S. The number of aryl methyl sites for hydroxylation is 1. The number of halogens is 4. The first-order chi connectivity index (χ1) is 10.1. The molecule has 0 radical (unpaired) electrons. The molecule has 11 heteroatoms. The van der Waals surface area contributed by atoms with E-state index in [-0.39, 0.29) is 28.1 Å². The van der Waals surface area contributed by atoms with Crippen molar-refractivity contribution >= 4 is 38.1 Å². The van der Waals surface area contributed by atoms with Crippen molar-refractivity contribution in [3.05, 3.63) is 16.4 Å². The molecule has 1 atom stereocenters. The Balaban J connectivity index is 2.32. The van der Waals surface area contributed by atoms with Crippen LogP contribution < -0.4 is 0 Å². The summed E-state index contributed by atoms with van der Waals surface area (Å²) in [6, 6.07) is 0. The predicted molar refractivity (Wildman–Crippen MR) is 78.1 cm³/mol. The van der Waals surface area contributed by atoms with Crippen molar-refractivity contribution in [2.24, 2.45) is 12.2 Å². The van der Waals surface area contributed by atoms with Crippen molar-refractivity contribution in [3.8, 4) is 0 Å². The average Bonchev–Trinajstić information content (AvgIpc) is 2.96. The number of rotatable bonds is 4. The second-order valence-corrected chi connectivity index (χ2v) is 7.79. The van der Waals surface area contributed by atoms with Gasteiger partial charge in [0.25, 0.3) is 6.43 Å². The van der Waals surface area contributed by atoms with Gasteiger partial charge < -0.3 is 4.84 Å². The Labute approximate surface area is 135 Å². The van der Waals surface area contributed by atoms with E-state index in [2.05, 4.69) is 10.3 Å². The molecule has 1 aliphatic heterocycles. The fourth-order valence-corrected chi connectivity index (χ4v) is 3.86. The molecule has 0 saturated carbocycles. The number of hydrogen-bond acceptors (Lipinski definition) is 5. The maximum atomic E-state index is 12.9. The minimum Gasteiger partial charge on any atom is -0.387 e. The SMILES string of the molecule is Cn1nc(C(F)F)c(CS(=O)(=O)C2=NOC(C)(CCl)C2)c1Cl. The third kappa shape index (κ3) is 3.21. The monoisotopic (exact) mass is 375 g/mol. The van der Waals surface area contributed by atoms with Gasteiger partial charge in [0, 0.05) is 19.0 Å². The molecule has 0 aromatic carbocycles. The van der Waals surface area contributed by atoms with Crippen LogP contribution in [0, 0.1) is 0 Å². The Bertz CT molecular complexity index is 720. The van der Waals surface area contributed by atoms with Crippen LogP contribution in [0.5, 0.6) is 0 Å². The number of sulfone groups is 1. The lowest BCUT2D eigenvalue weighted by atomic mass is 10.1. The highest BCUT2D eigenvalue weighted by Crippen LogP contribution is 2.32. The molecule has 0 bridgehead atoms. The van der Waals surface area contributed by atoms with Crippen LogP contribution in [0.25, 0.3) is 0 Å². The molecule has 1 aliphatic rings. The molecule has 2 rings (SSSR count). The minimum absolute atomic E-state index is 0.0271. The van der Waals surface area contributed by atoms with Gasteiger partial charge in [-0.2, -0.15) is 5.10 Å². The Morgan fingerprint density at radius 1 is 1.50 bits per heavy atom. The van der Waals surface area contributed by atoms with Crippen LogP contribution in [0.2, 0.25) is 5.15 Å². The van der Waals surface area contributed by atoms with Crippen LogP contribution >= 0.6 is 23.2 Å². The summed E-state index contributed by atoms with van der Waals surface area (Å²) >= 11 is 11.6. The zero-order valence-electron chi connectivity index (χ0n) is 11.7. The van der Waals surface area contributed by atoms with E-state index in [1.807, 2.05) is 0 Å². The van der Waals surface area contributed by atoms with Crippen molar-refractivity contribution in [1.82, 2.24) is 9.78 Å². The van der Waals surface area contributed by atoms with Gasteiger partial charge in [0.15, 0.2) is 20.5 Å². The molecule has 0 saturated heterocycles. The van der Waals surface area contributed by atoms with Crippen molar-refractivity contribution in [1.29, 1.82) is 0 Å². The van der Waals surface area contributed by atoms with Crippen molar-refractivity contribution in [3.63, 3.8) is 0 Å². The van der Waals surface area contributed by atoms with Crippen LogP contribution in [0.4, 0.5) is 8.78 Å². The lowest BCUT2D eigenvalue weighted by molar-refractivity contribution is 0.0152. The summed E-state index contributed by atoms with van der Waals surface area (Å²) in [4.78, 5) is 5.01. The normalized spacial score (nSPS) is 22.0. The Kier molecular flexibility index (Phi) is 4.70. The van der Waals surface area contributed by atoms with Crippen molar-refractivity contribution in [2.45, 2.75) is 31.1 Å². The maximum absolute atomic E-state index is 12.9. The highest BCUT2D eigenvalue weighted by Gasteiger charge is 2.40. The van der Waals surface area contributed by atoms with E-state index >= 15 is 0 Å². The molecule has 0 aliphatic carbocycles. The van der Waals surface area contributed by atoms with E-state index in [1.54, 1.807) is 6.92 Å². The minimum atomic E-state index is -3.96. The molecule has 124 valence electrons. The van der Waals surface area contributed by atoms with E-state index < -0.39 is 33.3 Å². The highest BCUT2D eigenvalue weighted by atomic mass is 35.5. The largest absolute Gasteiger partial charge is 0.387 e. The molecule has 1 unspecified atom stereocenters. The summed E-state index contributed by atoms with van der Waals surface area (Å²) in [5, 5.41) is 6.67. The van der Waals surface area contributed by atoms with E-state index in [1.165, 1.54) is 7.05 Å². The van der Waals surface area contributed by atoms with Crippen LogP contribution in [0.15, 0.2) is 5.16 Å². The second-order valence-electron chi connectivity index (χ2n) is 5.17. The first-order valence-corrected chi connectivity index (χ1v) is 8.69. The summed E-state index contributed by atoms with van der Waals surface area (Å²) in [6.45, 7) is 1.60. The summed E-state index contributed by atoms with van der Waals surface area (Å²) in [7, 11) is -2.61.